The molecule has 0 amide bonds. The summed E-state index contributed by atoms with van der Waals surface area (Å²) in [5, 5.41) is 8.33. The van der Waals surface area contributed by atoms with Crippen molar-refractivity contribution in [2.75, 3.05) is 18.8 Å². The molecule has 0 aliphatic carbocycles. The Morgan fingerprint density at radius 1 is 1.22 bits per heavy atom. The summed E-state index contributed by atoms with van der Waals surface area (Å²) < 4.78 is 1.89. The molecule has 1 fully saturated rings. The first-order valence-corrected chi connectivity index (χ1v) is 8.06. The van der Waals surface area contributed by atoms with Gasteiger partial charge in [-0.1, -0.05) is 17.7 Å². The summed E-state index contributed by atoms with van der Waals surface area (Å²) in [5.74, 6) is 0.793. The van der Waals surface area contributed by atoms with Crippen molar-refractivity contribution < 1.29 is 0 Å². The van der Waals surface area contributed by atoms with Crippen molar-refractivity contribution in [3.8, 4) is 11.3 Å². The minimum atomic E-state index is 0.204. The van der Waals surface area contributed by atoms with E-state index in [-0.39, 0.29) is 5.95 Å². The average Bonchev–Trinajstić information content (AvgIpc) is 3.01. The zero-order valence-corrected chi connectivity index (χ0v) is 13.3. The molecule has 0 radical (unpaired) electrons. The topological polar surface area (TPSA) is 81.1 Å². The van der Waals surface area contributed by atoms with Gasteiger partial charge in [-0.25, -0.2) is 14.5 Å². The number of pyridine rings is 1. The fourth-order valence-electron chi connectivity index (χ4n) is 3.15. The zero-order valence-electron chi connectivity index (χ0n) is 12.5. The minimum absolute atomic E-state index is 0.204. The Bertz CT molecular complexity index is 853. The molecule has 0 saturated carbocycles. The molecule has 23 heavy (non-hydrogen) atoms. The zero-order chi connectivity index (χ0) is 15.8. The van der Waals surface area contributed by atoms with Crippen LogP contribution in [0, 0.1) is 0 Å². The predicted octanol–water partition coefficient (Wildman–Crippen LogP) is 2.49. The summed E-state index contributed by atoms with van der Waals surface area (Å²) in [5.41, 5.74) is 9.44. The molecule has 1 saturated heterocycles. The Hall–Kier alpha value is -2.18. The first-order chi connectivity index (χ1) is 11.2. The maximum absolute atomic E-state index is 6.22. The molecule has 3 aromatic heterocycles. The van der Waals surface area contributed by atoms with Gasteiger partial charge in [0.05, 0.1) is 28.6 Å². The fourth-order valence-corrected chi connectivity index (χ4v) is 3.34. The lowest BCUT2D eigenvalue weighted by Crippen LogP contribution is -2.26. The maximum atomic E-state index is 6.22. The molecule has 3 aromatic rings. The second-order valence-electron chi connectivity index (χ2n) is 5.80. The van der Waals surface area contributed by atoms with E-state index < -0.39 is 0 Å². The van der Waals surface area contributed by atoms with Crippen molar-refractivity contribution in [3.63, 3.8) is 0 Å². The van der Waals surface area contributed by atoms with Gasteiger partial charge < -0.3 is 11.1 Å². The Morgan fingerprint density at radius 3 is 2.87 bits per heavy atom. The Labute approximate surface area is 138 Å². The molecule has 6 nitrogen and oxygen atoms in total. The number of fused-ring (bicyclic) bond motifs is 1. The van der Waals surface area contributed by atoms with Gasteiger partial charge in [0.25, 0.3) is 0 Å². The summed E-state index contributed by atoms with van der Waals surface area (Å²) in [6, 6.07) is 4.25. The second-order valence-corrected chi connectivity index (χ2v) is 6.21. The lowest BCUT2D eigenvalue weighted by molar-refractivity contribution is 0.459. The SMILES string of the molecule is Nc1ncc(Cl)c(-c2cnn3cc(C4CCNCC4)ccc23)n1. The van der Waals surface area contributed by atoms with Crippen LogP contribution in [0.1, 0.15) is 24.3 Å². The number of nitrogen functional groups attached to an aromatic ring is 1. The Morgan fingerprint density at radius 2 is 2.04 bits per heavy atom. The highest BCUT2D eigenvalue weighted by Gasteiger charge is 2.17. The van der Waals surface area contributed by atoms with E-state index in [4.69, 9.17) is 17.3 Å². The van der Waals surface area contributed by atoms with Gasteiger partial charge in [-0.05, 0) is 43.5 Å². The van der Waals surface area contributed by atoms with E-state index >= 15 is 0 Å². The second kappa shape index (κ2) is 5.79. The van der Waals surface area contributed by atoms with Crippen LogP contribution in [0.2, 0.25) is 5.02 Å². The Kier molecular flexibility index (Phi) is 3.63. The number of halogens is 1. The monoisotopic (exact) mass is 328 g/mol. The summed E-state index contributed by atoms with van der Waals surface area (Å²) in [6.07, 6.45) is 7.72. The number of hydrogen-bond acceptors (Lipinski definition) is 5. The molecule has 0 spiro atoms. The van der Waals surface area contributed by atoms with Crippen LogP contribution in [-0.4, -0.2) is 32.7 Å². The van der Waals surface area contributed by atoms with Crippen molar-refractivity contribution in [2.24, 2.45) is 0 Å². The standard InChI is InChI=1S/C16H17ClN6/c17-13-8-20-16(18)22-15(13)12-7-21-23-9-11(1-2-14(12)23)10-3-5-19-6-4-10/h1-2,7-10,19H,3-6H2,(H2,18,20,22). The van der Waals surface area contributed by atoms with Crippen molar-refractivity contribution >= 4 is 23.1 Å². The summed E-state index contributed by atoms with van der Waals surface area (Å²) in [4.78, 5) is 8.16. The smallest absolute Gasteiger partial charge is 0.220 e. The van der Waals surface area contributed by atoms with Gasteiger partial charge in [0, 0.05) is 11.8 Å². The van der Waals surface area contributed by atoms with Crippen LogP contribution < -0.4 is 11.1 Å². The first kappa shape index (κ1) is 14.4. The van der Waals surface area contributed by atoms with Gasteiger partial charge in [-0.15, -0.1) is 0 Å². The van der Waals surface area contributed by atoms with Gasteiger partial charge in [0.2, 0.25) is 5.95 Å². The van der Waals surface area contributed by atoms with Gasteiger partial charge in [-0.2, -0.15) is 5.10 Å². The maximum Gasteiger partial charge on any atom is 0.220 e. The van der Waals surface area contributed by atoms with Crippen molar-refractivity contribution in [1.29, 1.82) is 0 Å². The molecule has 7 heteroatoms. The third kappa shape index (κ3) is 2.64. The van der Waals surface area contributed by atoms with Gasteiger partial charge >= 0.3 is 0 Å². The molecule has 3 N–H and O–H groups in total. The molecule has 4 heterocycles. The van der Waals surface area contributed by atoms with Crippen molar-refractivity contribution in [2.45, 2.75) is 18.8 Å². The Balaban J connectivity index is 1.77. The van der Waals surface area contributed by atoms with Crippen LogP contribution in [0.25, 0.3) is 16.8 Å². The number of nitrogens with one attached hydrogen (secondary N) is 1. The van der Waals surface area contributed by atoms with Gasteiger partial charge in [-0.3, -0.25) is 0 Å². The molecule has 0 atom stereocenters. The first-order valence-electron chi connectivity index (χ1n) is 7.69. The summed E-state index contributed by atoms with van der Waals surface area (Å²) in [7, 11) is 0. The van der Waals surface area contributed by atoms with E-state index in [1.807, 2.05) is 4.52 Å². The van der Waals surface area contributed by atoms with Crippen LogP contribution in [0.15, 0.2) is 30.7 Å². The number of aromatic nitrogens is 4. The minimum Gasteiger partial charge on any atom is -0.368 e. The number of piperidine rings is 1. The van der Waals surface area contributed by atoms with Gasteiger partial charge in [0.1, 0.15) is 0 Å². The van der Waals surface area contributed by atoms with E-state index in [1.54, 1.807) is 6.20 Å². The number of nitrogens with zero attached hydrogens (tertiary/aromatic N) is 4. The lowest BCUT2D eigenvalue weighted by Gasteiger charge is -2.22. The largest absolute Gasteiger partial charge is 0.368 e. The molecular weight excluding hydrogens is 312 g/mol. The van der Waals surface area contributed by atoms with E-state index in [2.05, 4.69) is 38.7 Å². The predicted molar refractivity (Wildman–Crippen MR) is 90.5 cm³/mol. The van der Waals surface area contributed by atoms with E-state index in [9.17, 15) is 0 Å². The molecular formula is C16H17ClN6. The van der Waals surface area contributed by atoms with Crippen molar-refractivity contribution in [1.82, 2.24) is 24.9 Å². The highest BCUT2D eigenvalue weighted by Crippen LogP contribution is 2.31. The van der Waals surface area contributed by atoms with Crippen molar-refractivity contribution in [3.05, 3.63) is 41.3 Å². The third-order valence-electron chi connectivity index (χ3n) is 4.37. The van der Waals surface area contributed by atoms with E-state index in [0.29, 0.717) is 16.6 Å². The lowest BCUT2D eigenvalue weighted by atomic mass is 9.91. The average molecular weight is 329 g/mol. The normalized spacial score (nSPS) is 16.0. The van der Waals surface area contributed by atoms with Gasteiger partial charge in [0.15, 0.2) is 0 Å². The van der Waals surface area contributed by atoms with Crippen LogP contribution in [0.5, 0.6) is 0 Å². The molecule has 0 bridgehead atoms. The molecule has 118 valence electrons. The van der Waals surface area contributed by atoms with Crippen LogP contribution in [0.4, 0.5) is 5.95 Å². The number of nitrogens with two attached hydrogens (primary N) is 1. The number of rotatable bonds is 2. The number of anilines is 1. The molecule has 0 aromatic carbocycles. The van der Waals surface area contributed by atoms with Crippen LogP contribution in [0.3, 0.4) is 0 Å². The fraction of sp³-hybridized carbons (Fsp3) is 0.312. The highest BCUT2D eigenvalue weighted by molar-refractivity contribution is 6.33. The van der Waals surface area contributed by atoms with E-state index in [0.717, 1.165) is 37.0 Å². The quantitative estimate of drug-likeness (QED) is 0.755. The highest BCUT2D eigenvalue weighted by atomic mass is 35.5. The number of hydrogen-bond donors (Lipinski definition) is 2. The summed E-state index contributed by atoms with van der Waals surface area (Å²) >= 11 is 6.22. The summed E-state index contributed by atoms with van der Waals surface area (Å²) in [6.45, 7) is 2.14. The van der Waals surface area contributed by atoms with Crippen LogP contribution in [-0.2, 0) is 0 Å². The molecule has 1 aliphatic rings. The van der Waals surface area contributed by atoms with Crippen LogP contribution >= 0.6 is 11.6 Å². The molecule has 0 unspecified atom stereocenters. The van der Waals surface area contributed by atoms with E-state index in [1.165, 1.54) is 11.8 Å². The molecule has 1 aliphatic heterocycles. The molecule has 4 rings (SSSR count). The third-order valence-corrected chi connectivity index (χ3v) is 4.64.